The molecule has 0 radical (unpaired) electrons. The van der Waals surface area contributed by atoms with Gasteiger partial charge in [-0.3, -0.25) is 0 Å². The van der Waals surface area contributed by atoms with E-state index in [0.29, 0.717) is 22.9 Å². The van der Waals surface area contributed by atoms with Crippen molar-refractivity contribution in [1.82, 2.24) is 0 Å². The van der Waals surface area contributed by atoms with Crippen molar-refractivity contribution in [3.05, 3.63) is 33.8 Å². The molecular formula is C11H15Cl2NO2S. The lowest BCUT2D eigenvalue weighted by Gasteiger charge is -2.12. The normalized spacial score (nSPS) is 13.6. The number of hydrogen-bond acceptors (Lipinski definition) is 3. The molecule has 2 N–H and O–H groups in total. The lowest BCUT2D eigenvalue weighted by molar-refractivity contribution is 0.586. The molecule has 1 unspecified atom stereocenters. The Morgan fingerprint density at radius 2 is 2.00 bits per heavy atom. The summed E-state index contributed by atoms with van der Waals surface area (Å²) in [5, 5.41) is 1.13. The largest absolute Gasteiger partial charge is 0.327 e. The first-order valence-corrected chi connectivity index (χ1v) is 7.97. The third-order valence-electron chi connectivity index (χ3n) is 2.36. The molecule has 0 heterocycles. The Labute approximate surface area is 112 Å². The van der Waals surface area contributed by atoms with E-state index in [1.54, 1.807) is 12.1 Å². The first-order chi connectivity index (χ1) is 7.78. The summed E-state index contributed by atoms with van der Waals surface area (Å²) in [6, 6.07) is 4.99. The van der Waals surface area contributed by atoms with Crippen LogP contribution in [0.3, 0.4) is 0 Å². The maximum Gasteiger partial charge on any atom is 0.147 e. The number of hydrogen-bond donors (Lipinski definition) is 1. The third-order valence-corrected chi connectivity index (χ3v) is 3.92. The van der Waals surface area contributed by atoms with Crippen LogP contribution in [0.25, 0.3) is 0 Å². The van der Waals surface area contributed by atoms with Crippen molar-refractivity contribution in [1.29, 1.82) is 0 Å². The molecule has 3 nitrogen and oxygen atoms in total. The van der Waals surface area contributed by atoms with Crippen LogP contribution in [-0.4, -0.2) is 26.5 Å². The van der Waals surface area contributed by atoms with E-state index >= 15 is 0 Å². The molecule has 6 heteroatoms. The summed E-state index contributed by atoms with van der Waals surface area (Å²) < 4.78 is 22.0. The summed E-state index contributed by atoms with van der Waals surface area (Å²) in [6.07, 6.45) is 2.18. The van der Waals surface area contributed by atoms with E-state index in [1.807, 2.05) is 6.07 Å². The molecule has 0 amide bonds. The fourth-order valence-electron chi connectivity index (χ4n) is 1.44. The Balaban J connectivity index is 2.59. The van der Waals surface area contributed by atoms with Gasteiger partial charge in [0.1, 0.15) is 9.84 Å². The van der Waals surface area contributed by atoms with Gasteiger partial charge >= 0.3 is 0 Å². The zero-order valence-corrected chi connectivity index (χ0v) is 11.8. The Bertz CT molecular complexity index is 488. The van der Waals surface area contributed by atoms with Gasteiger partial charge in [-0.15, -0.1) is 0 Å². The molecule has 1 aromatic carbocycles. The molecule has 0 aliphatic carbocycles. The fraction of sp³-hybridized carbons (Fsp3) is 0.455. The van der Waals surface area contributed by atoms with Gasteiger partial charge in [-0.2, -0.15) is 0 Å². The van der Waals surface area contributed by atoms with Crippen molar-refractivity contribution >= 4 is 33.0 Å². The summed E-state index contributed by atoms with van der Waals surface area (Å²) in [6.45, 7) is 0. The minimum atomic E-state index is -2.96. The van der Waals surface area contributed by atoms with E-state index in [2.05, 4.69) is 0 Å². The lowest BCUT2D eigenvalue weighted by Crippen LogP contribution is -2.26. The molecule has 0 fully saturated rings. The second kappa shape index (κ2) is 6.05. The van der Waals surface area contributed by atoms with E-state index in [1.165, 1.54) is 6.26 Å². The number of benzene rings is 1. The summed E-state index contributed by atoms with van der Waals surface area (Å²) in [4.78, 5) is 0. The molecule has 1 rings (SSSR count). The molecule has 0 saturated carbocycles. The number of nitrogens with two attached hydrogens (primary N) is 1. The van der Waals surface area contributed by atoms with Crippen LogP contribution in [0.5, 0.6) is 0 Å². The average Bonchev–Trinajstić information content (AvgIpc) is 2.18. The van der Waals surface area contributed by atoms with E-state index in [9.17, 15) is 8.42 Å². The molecule has 0 aliphatic heterocycles. The second-order valence-electron chi connectivity index (χ2n) is 4.12. The van der Waals surface area contributed by atoms with Crippen LogP contribution in [0.2, 0.25) is 10.0 Å². The van der Waals surface area contributed by atoms with Crippen LogP contribution in [0.15, 0.2) is 18.2 Å². The Morgan fingerprint density at radius 1 is 1.35 bits per heavy atom. The summed E-state index contributed by atoms with van der Waals surface area (Å²) >= 11 is 11.8. The summed E-state index contributed by atoms with van der Waals surface area (Å²) in [7, 11) is -2.96. The highest BCUT2D eigenvalue weighted by Gasteiger charge is 2.11. The van der Waals surface area contributed by atoms with Crippen LogP contribution in [-0.2, 0) is 16.3 Å². The fourth-order valence-corrected chi connectivity index (χ4v) is 2.65. The minimum absolute atomic E-state index is 0.0966. The average molecular weight is 296 g/mol. The van der Waals surface area contributed by atoms with E-state index in [4.69, 9.17) is 28.9 Å². The van der Waals surface area contributed by atoms with Crippen LogP contribution in [0.4, 0.5) is 0 Å². The van der Waals surface area contributed by atoms with E-state index in [-0.39, 0.29) is 11.8 Å². The molecule has 0 spiro atoms. The van der Waals surface area contributed by atoms with E-state index < -0.39 is 9.84 Å². The van der Waals surface area contributed by atoms with Crippen molar-refractivity contribution in [3.63, 3.8) is 0 Å². The van der Waals surface area contributed by atoms with Crippen molar-refractivity contribution in [2.24, 2.45) is 5.73 Å². The van der Waals surface area contributed by atoms with Gasteiger partial charge in [0.05, 0.1) is 5.75 Å². The van der Waals surface area contributed by atoms with Crippen molar-refractivity contribution < 1.29 is 8.42 Å². The Hall–Kier alpha value is -0.290. The number of sulfone groups is 1. The number of halogens is 2. The molecule has 0 bridgehead atoms. The van der Waals surface area contributed by atoms with Gasteiger partial charge in [0.15, 0.2) is 0 Å². The van der Waals surface area contributed by atoms with Gasteiger partial charge in [-0.25, -0.2) is 8.42 Å². The monoisotopic (exact) mass is 295 g/mol. The molecule has 1 aromatic rings. The second-order valence-corrected chi connectivity index (χ2v) is 7.22. The molecule has 17 heavy (non-hydrogen) atoms. The van der Waals surface area contributed by atoms with Gasteiger partial charge < -0.3 is 5.73 Å². The zero-order chi connectivity index (χ0) is 13.1. The van der Waals surface area contributed by atoms with Crippen LogP contribution < -0.4 is 5.73 Å². The first kappa shape index (κ1) is 14.8. The molecular weight excluding hydrogens is 281 g/mol. The maximum absolute atomic E-state index is 11.0. The van der Waals surface area contributed by atoms with Crippen LogP contribution in [0, 0.1) is 0 Å². The highest BCUT2D eigenvalue weighted by molar-refractivity contribution is 7.90. The Morgan fingerprint density at radius 3 is 2.53 bits per heavy atom. The molecule has 0 aliphatic rings. The third kappa shape index (κ3) is 5.73. The first-order valence-electron chi connectivity index (χ1n) is 5.15. The Kier molecular flexibility index (Phi) is 5.25. The highest BCUT2D eigenvalue weighted by Crippen LogP contribution is 2.22. The summed E-state index contributed by atoms with van der Waals surface area (Å²) in [5.74, 6) is 0.0966. The van der Waals surface area contributed by atoms with Gasteiger partial charge in [-0.05, 0) is 30.5 Å². The molecule has 0 saturated heterocycles. The number of rotatable bonds is 5. The van der Waals surface area contributed by atoms with Gasteiger partial charge in [0.2, 0.25) is 0 Å². The standard InChI is InChI=1S/C11H15Cl2NO2S/c1-17(15,16)5-4-10(14)6-8-2-3-9(12)7-11(8)13/h2-3,7,10H,4-6,14H2,1H3. The van der Waals surface area contributed by atoms with Crippen molar-refractivity contribution in [2.45, 2.75) is 18.9 Å². The smallest absolute Gasteiger partial charge is 0.147 e. The van der Waals surface area contributed by atoms with Crippen molar-refractivity contribution in [2.75, 3.05) is 12.0 Å². The lowest BCUT2D eigenvalue weighted by atomic mass is 10.0. The predicted molar refractivity (Wildman–Crippen MR) is 72.5 cm³/mol. The summed E-state index contributed by atoms with van der Waals surface area (Å²) in [5.41, 5.74) is 6.75. The zero-order valence-electron chi connectivity index (χ0n) is 9.49. The van der Waals surface area contributed by atoms with Crippen LogP contribution >= 0.6 is 23.2 Å². The van der Waals surface area contributed by atoms with Gasteiger partial charge in [-0.1, -0.05) is 29.3 Å². The highest BCUT2D eigenvalue weighted by atomic mass is 35.5. The SMILES string of the molecule is CS(=O)(=O)CCC(N)Cc1ccc(Cl)cc1Cl. The van der Waals surface area contributed by atoms with Crippen LogP contribution in [0.1, 0.15) is 12.0 Å². The molecule has 0 aromatic heterocycles. The molecule has 96 valence electrons. The van der Waals surface area contributed by atoms with E-state index in [0.717, 1.165) is 5.56 Å². The minimum Gasteiger partial charge on any atom is -0.327 e. The van der Waals surface area contributed by atoms with Crippen molar-refractivity contribution in [3.8, 4) is 0 Å². The van der Waals surface area contributed by atoms with Gasteiger partial charge in [0, 0.05) is 22.3 Å². The predicted octanol–water partition coefficient (Wildman–Crippen LogP) is 2.30. The topological polar surface area (TPSA) is 60.2 Å². The molecule has 1 atom stereocenters. The van der Waals surface area contributed by atoms with Gasteiger partial charge in [0.25, 0.3) is 0 Å². The quantitative estimate of drug-likeness (QED) is 0.907. The maximum atomic E-state index is 11.0.